The van der Waals surface area contributed by atoms with Gasteiger partial charge in [0, 0.05) is 4.88 Å². The molecular weight excluding hydrogens is 271 g/mol. The highest BCUT2D eigenvalue weighted by molar-refractivity contribution is 7.11. The molecule has 0 saturated carbocycles. The number of benzene rings is 1. The van der Waals surface area contributed by atoms with E-state index in [9.17, 15) is 0 Å². The van der Waals surface area contributed by atoms with E-state index in [0.29, 0.717) is 0 Å². The fourth-order valence-corrected chi connectivity index (χ4v) is 3.60. The Morgan fingerprint density at radius 3 is 2.65 bits per heavy atom. The molecule has 1 aromatic heterocycles. The maximum atomic E-state index is 6.44. The molecule has 17 heavy (non-hydrogen) atoms. The lowest BCUT2D eigenvalue weighted by Crippen LogP contribution is -1.94. The summed E-state index contributed by atoms with van der Waals surface area (Å²) in [4.78, 5) is 1.08. The molecule has 0 bridgehead atoms. The van der Waals surface area contributed by atoms with Gasteiger partial charge in [0.05, 0.1) is 10.4 Å². The number of halogens is 2. The van der Waals surface area contributed by atoms with Crippen LogP contribution in [0.4, 0.5) is 0 Å². The number of thiophene rings is 1. The van der Waals surface area contributed by atoms with Gasteiger partial charge in [0.15, 0.2) is 0 Å². The first-order chi connectivity index (χ1) is 8.08. The smallest absolute Gasteiger partial charge is 0.0733 e. The molecule has 1 unspecified atom stereocenters. The Morgan fingerprint density at radius 1 is 1.29 bits per heavy atom. The Hall–Kier alpha value is -0.500. The SMILES string of the molecule is Cc1cccc(CC(Cl)c2scc(C)c2Cl)c1. The first-order valence-corrected chi connectivity index (χ1v) is 7.20. The van der Waals surface area contributed by atoms with E-state index < -0.39 is 0 Å². The number of aryl methyl sites for hydroxylation is 2. The highest BCUT2D eigenvalue weighted by atomic mass is 35.5. The van der Waals surface area contributed by atoms with Gasteiger partial charge in [-0.05, 0) is 36.8 Å². The van der Waals surface area contributed by atoms with E-state index in [1.807, 2.05) is 6.92 Å². The summed E-state index contributed by atoms with van der Waals surface area (Å²) in [5.74, 6) is 0. The van der Waals surface area contributed by atoms with Gasteiger partial charge in [-0.25, -0.2) is 0 Å². The molecule has 2 aromatic rings. The van der Waals surface area contributed by atoms with E-state index in [1.54, 1.807) is 11.3 Å². The maximum absolute atomic E-state index is 6.44. The molecule has 1 heterocycles. The van der Waals surface area contributed by atoms with Gasteiger partial charge in [-0.1, -0.05) is 41.4 Å². The van der Waals surface area contributed by atoms with E-state index in [2.05, 4.69) is 36.6 Å². The van der Waals surface area contributed by atoms with Crippen LogP contribution < -0.4 is 0 Å². The van der Waals surface area contributed by atoms with Crippen LogP contribution in [0.15, 0.2) is 29.6 Å². The summed E-state index contributed by atoms with van der Waals surface area (Å²) in [7, 11) is 0. The molecule has 3 heteroatoms. The molecule has 0 nitrogen and oxygen atoms in total. The van der Waals surface area contributed by atoms with Gasteiger partial charge in [0.2, 0.25) is 0 Å². The fourth-order valence-electron chi connectivity index (χ4n) is 1.80. The normalized spacial score (nSPS) is 12.7. The molecule has 0 radical (unpaired) electrons. The molecular formula is C14H14Cl2S. The molecule has 90 valence electrons. The Morgan fingerprint density at radius 2 is 2.06 bits per heavy atom. The number of hydrogen-bond acceptors (Lipinski definition) is 1. The number of rotatable bonds is 3. The second-order valence-electron chi connectivity index (χ2n) is 4.26. The molecule has 0 spiro atoms. The zero-order chi connectivity index (χ0) is 12.4. The Labute approximate surface area is 116 Å². The van der Waals surface area contributed by atoms with Crippen molar-refractivity contribution in [3.8, 4) is 0 Å². The molecule has 0 N–H and O–H groups in total. The highest BCUT2D eigenvalue weighted by Crippen LogP contribution is 2.37. The van der Waals surface area contributed by atoms with Gasteiger partial charge in [-0.2, -0.15) is 0 Å². The summed E-state index contributed by atoms with van der Waals surface area (Å²) in [5, 5.41) is 2.84. The third-order valence-corrected chi connectivity index (χ3v) is 5.04. The van der Waals surface area contributed by atoms with Gasteiger partial charge in [-0.3, -0.25) is 0 Å². The third-order valence-electron chi connectivity index (χ3n) is 2.71. The lowest BCUT2D eigenvalue weighted by molar-refractivity contribution is 0.937. The van der Waals surface area contributed by atoms with Crippen molar-refractivity contribution >= 4 is 34.5 Å². The van der Waals surface area contributed by atoms with Crippen molar-refractivity contribution in [3.05, 3.63) is 56.2 Å². The molecule has 0 aliphatic carbocycles. The van der Waals surface area contributed by atoms with Gasteiger partial charge in [0.1, 0.15) is 0 Å². The molecule has 0 fully saturated rings. The van der Waals surface area contributed by atoms with Crippen molar-refractivity contribution in [1.29, 1.82) is 0 Å². The van der Waals surface area contributed by atoms with Gasteiger partial charge in [-0.15, -0.1) is 22.9 Å². The average molecular weight is 285 g/mol. The summed E-state index contributed by atoms with van der Waals surface area (Å²) in [6.45, 7) is 4.10. The first-order valence-electron chi connectivity index (χ1n) is 5.51. The molecule has 1 aromatic carbocycles. The monoisotopic (exact) mass is 284 g/mol. The predicted molar refractivity (Wildman–Crippen MR) is 77.5 cm³/mol. The summed E-state index contributed by atoms with van der Waals surface area (Å²) >= 11 is 14.3. The summed E-state index contributed by atoms with van der Waals surface area (Å²) in [6, 6.07) is 8.44. The fraction of sp³-hybridized carbons (Fsp3) is 0.286. The van der Waals surface area contributed by atoms with Crippen LogP contribution >= 0.6 is 34.5 Å². The minimum Gasteiger partial charge on any atom is -0.145 e. The molecule has 0 amide bonds. The zero-order valence-electron chi connectivity index (χ0n) is 9.84. The van der Waals surface area contributed by atoms with E-state index in [0.717, 1.165) is 21.9 Å². The van der Waals surface area contributed by atoms with Crippen molar-refractivity contribution < 1.29 is 0 Å². The van der Waals surface area contributed by atoms with Crippen LogP contribution in [0.2, 0.25) is 5.02 Å². The van der Waals surface area contributed by atoms with E-state index in [1.165, 1.54) is 11.1 Å². The second-order valence-corrected chi connectivity index (χ2v) is 6.07. The van der Waals surface area contributed by atoms with Gasteiger partial charge < -0.3 is 0 Å². The molecule has 1 atom stereocenters. The number of alkyl halides is 1. The Kier molecular flexibility index (Phi) is 4.13. The predicted octanol–water partition coefficient (Wildman–Crippen LogP) is 5.54. The maximum Gasteiger partial charge on any atom is 0.0733 e. The first kappa shape index (κ1) is 12.9. The van der Waals surface area contributed by atoms with Crippen molar-refractivity contribution in [2.45, 2.75) is 25.6 Å². The van der Waals surface area contributed by atoms with Gasteiger partial charge >= 0.3 is 0 Å². The lowest BCUT2D eigenvalue weighted by Gasteiger charge is -2.09. The van der Waals surface area contributed by atoms with E-state index in [4.69, 9.17) is 23.2 Å². The van der Waals surface area contributed by atoms with Crippen LogP contribution in [-0.2, 0) is 6.42 Å². The van der Waals surface area contributed by atoms with Crippen LogP contribution in [0.25, 0.3) is 0 Å². The van der Waals surface area contributed by atoms with Crippen LogP contribution in [0.5, 0.6) is 0 Å². The molecule has 0 saturated heterocycles. The summed E-state index contributed by atoms with van der Waals surface area (Å²) in [6.07, 6.45) is 0.822. The van der Waals surface area contributed by atoms with E-state index >= 15 is 0 Å². The van der Waals surface area contributed by atoms with Crippen molar-refractivity contribution in [2.24, 2.45) is 0 Å². The van der Waals surface area contributed by atoms with Crippen LogP contribution in [0.1, 0.15) is 26.9 Å². The minimum absolute atomic E-state index is 0.0389. The summed E-state index contributed by atoms with van der Waals surface area (Å²) in [5.41, 5.74) is 3.63. The summed E-state index contributed by atoms with van der Waals surface area (Å²) < 4.78 is 0. The van der Waals surface area contributed by atoms with Crippen LogP contribution in [-0.4, -0.2) is 0 Å². The van der Waals surface area contributed by atoms with Crippen molar-refractivity contribution in [2.75, 3.05) is 0 Å². The van der Waals surface area contributed by atoms with Crippen molar-refractivity contribution in [1.82, 2.24) is 0 Å². The number of hydrogen-bond donors (Lipinski definition) is 0. The second kappa shape index (κ2) is 5.43. The van der Waals surface area contributed by atoms with Crippen LogP contribution in [0, 0.1) is 13.8 Å². The molecule has 0 aliphatic rings. The molecule has 2 rings (SSSR count). The average Bonchev–Trinajstić information content (AvgIpc) is 2.60. The third kappa shape index (κ3) is 3.04. The quantitative estimate of drug-likeness (QED) is 0.649. The largest absolute Gasteiger partial charge is 0.145 e. The zero-order valence-corrected chi connectivity index (χ0v) is 12.2. The van der Waals surface area contributed by atoms with Crippen LogP contribution in [0.3, 0.4) is 0 Å². The lowest BCUT2D eigenvalue weighted by atomic mass is 10.1. The van der Waals surface area contributed by atoms with E-state index in [-0.39, 0.29) is 5.38 Å². The topological polar surface area (TPSA) is 0 Å². The standard InChI is InChI=1S/C14H14Cl2S/c1-9-4-3-5-11(6-9)7-12(15)14-13(16)10(2)8-17-14/h3-6,8,12H,7H2,1-2H3. The Balaban J connectivity index is 2.17. The Bertz CT molecular complexity index is 517. The van der Waals surface area contributed by atoms with Gasteiger partial charge in [0.25, 0.3) is 0 Å². The highest BCUT2D eigenvalue weighted by Gasteiger charge is 2.16. The minimum atomic E-state index is -0.0389. The molecule has 0 aliphatic heterocycles. The van der Waals surface area contributed by atoms with Crippen molar-refractivity contribution in [3.63, 3.8) is 0 Å².